The topological polar surface area (TPSA) is 62.1 Å². The molecule has 1 atom stereocenters. The van der Waals surface area contributed by atoms with Gasteiger partial charge in [0.2, 0.25) is 5.91 Å². The summed E-state index contributed by atoms with van der Waals surface area (Å²) in [7, 11) is 3.39. The molecule has 0 aromatic carbocycles. The lowest BCUT2D eigenvalue weighted by Crippen LogP contribution is -2.27. The summed E-state index contributed by atoms with van der Waals surface area (Å²) in [6, 6.07) is 0. The van der Waals surface area contributed by atoms with E-state index < -0.39 is 0 Å². The number of carbonyl (C=O) groups excluding carboxylic acids is 2. The van der Waals surface area contributed by atoms with Crippen molar-refractivity contribution in [2.75, 3.05) is 19.8 Å². The molecule has 1 aliphatic heterocycles. The van der Waals surface area contributed by atoms with Gasteiger partial charge in [0, 0.05) is 19.8 Å². The molecule has 0 aliphatic carbocycles. The smallest absolute Gasteiger partial charge is 0.256 e. The molecule has 0 saturated heterocycles. The van der Waals surface area contributed by atoms with Crippen LogP contribution in [-0.4, -0.2) is 47.4 Å². The van der Waals surface area contributed by atoms with E-state index in [9.17, 15) is 9.59 Å². The molecule has 17 heavy (non-hydrogen) atoms. The van der Waals surface area contributed by atoms with E-state index in [0.717, 1.165) is 5.71 Å². The fourth-order valence-electron chi connectivity index (χ4n) is 1.39. The summed E-state index contributed by atoms with van der Waals surface area (Å²) in [4.78, 5) is 32.7. The lowest BCUT2D eigenvalue weighted by molar-refractivity contribution is -0.126. The van der Waals surface area contributed by atoms with Gasteiger partial charge in [-0.3, -0.25) is 9.59 Å². The summed E-state index contributed by atoms with van der Waals surface area (Å²) < 4.78 is 0. The maximum atomic E-state index is 11.6. The van der Waals surface area contributed by atoms with Crippen LogP contribution in [0.3, 0.4) is 0 Å². The quantitative estimate of drug-likeness (QED) is 0.761. The van der Waals surface area contributed by atoms with E-state index >= 15 is 0 Å². The maximum absolute atomic E-state index is 11.6. The monoisotopic (exact) mass is 255 g/mol. The summed E-state index contributed by atoms with van der Waals surface area (Å²) in [5.74, 6) is -0.105. The molecule has 1 heterocycles. The van der Waals surface area contributed by atoms with E-state index in [1.165, 1.54) is 16.7 Å². The van der Waals surface area contributed by atoms with Crippen molar-refractivity contribution in [3.05, 3.63) is 0 Å². The highest BCUT2D eigenvalue weighted by molar-refractivity contribution is 8.14. The molecule has 0 fully saturated rings. The third kappa shape index (κ3) is 3.66. The molecule has 1 unspecified atom stereocenters. The molecule has 94 valence electrons. The van der Waals surface area contributed by atoms with Crippen LogP contribution in [0, 0.1) is 5.92 Å². The average molecular weight is 255 g/mol. The Labute approximate surface area is 105 Å². The molecule has 0 aromatic rings. The van der Waals surface area contributed by atoms with Gasteiger partial charge in [-0.2, -0.15) is 4.99 Å². The van der Waals surface area contributed by atoms with Crippen molar-refractivity contribution in [1.82, 2.24) is 4.90 Å². The van der Waals surface area contributed by atoms with E-state index in [1.54, 1.807) is 14.1 Å². The van der Waals surface area contributed by atoms with Crippen LogP contribution >= 0.6 is 11.8 Å². The SMILES string of the molecule is CCC1C(=O)N=C(SCC(=O)N(C)C)N=C1C. The Kier molecular flexibility index (Phi) is 4.86. The molecule has 5 nitrogen and oxygen atoms in total. The molecule has 0 aromatic heterocycles. The van der Waals surface area contributed by atoms with Crippen LogP contribution in [0.25, 0.3) is 0 Å². The van der Waals surface area contributed by atoms with Crippen LogP contribution in [0.5, 0.6) is 0 Å². The second kappa shape index (κ2) is 5.95. The first kappa shape index (κ1) is 13.9. The van der Waals surface area contributed by atoms with Gasteiger partial charge in [0.25, 0.3) is 5.91 Å². The fourth-order valence-corrected chi connectivity index (χ4v) is 2.27. The van der Waals surface area contributed by atoms with Crippen molar-refractivity contribution in [3.63, 3.8) is 0 Å². The van der Waals surface area contributed by atoms with Crippen LogP contribution in [0.15, 0.2) is 9.98 Å². The molecule has 1 rings (SSSR count). The van der Waals surface area contributed by atoms with Crippen LogP contribution < -0.4 is 0 Å². The van der Waals surface area contributed by atoms with Crippen molar-refractivity contribution in [2.24, 2.45) is 15.9 Å². The lowest BCUT2D eigenvalue weighted by atomic mass is 10.0. The Morgan fingerprint density at radius 1 is 1.41 bits per heavy atom. The minimum Gasteiger partial charge on any atom is -0.348 e. The summed E-state index contributed by atoms with van der Waals surface area (Å²) in [5.41, 5.74) is 0.785. The third-order valence-corrected chi connectivity index (χ3v) is 3.34. The largest absolute Gasteiger partial charge is 0.348 e. The fraction of sp³-hybridized carbons (Fsp3) is 0.636. The van der Waals surface area contributed by atoms with E-state index in [4.69, 9.17) is 0 Å². The van der Waals surface area contributed by atoms with Gasteiger partial charge < -0.3 is 4.90 Å². The van der Waals surface area contributed by atoms with Crippen molar-refractivity contribution in [2.45, 2.75) is 20.3 Å². The number of hydrogen-bond acceptors (Lipinski definition) is 4. The van der Waals surface area contributed by atoms with Gasteiger partial charge in [-0.25, -0.2) is 4.99 Å². The number of amides is 2. The highest BCUT2D eigenvalue weighted by atomic mass is 32.2. The van der Waals surface area contributed by atoms with Gasteiger partial charge >= 0.3 is 0 Å². The summed E-state index contributed by atoms with van der Waals surface area (Å²) in [6.45, 7) is 3.76. The van der Waals surface area contributed by atoms with Gasteiger partial charge in [-0.05, 0) is 13.3 Å². The number of carbonyl (C=O) groups is 2. The standard InChI is InChI=1S/C11H17N3O2S/c1-5-8-7(2)12-11(13-10(8)16)17-6-9(15)14(3)4/h8H,5-6H2,1-4H3. The minimum absolute atomic E-state index is 0.0179. The van der Waals surface area contributed by atoms with Crippen molar-refractivity contribution >= 4 is 34.5 Å². The number of nitrogens with zero attached hydrogens (tertiary/aromatic N) is 3. The number of hydrogen-bond donors (Lipinski definition) is 0. The van der Waals surface area contributed by atoms with Gasteiger partial charge in [0.15, 0.2) is 5.17 Å². The van der Waals surface area contributed by atoms with E-state index in [1.807, 2.05) is 13.8 Å². The van der Waals surface area contributed by atoms with E-state index in [-0.39, 0.29) is 23.5 Å². The highest BCUT2D eigenvalue weighted by Crippen LogP contribution is 2.18. The minimum atomic E-state index is -0.191. The number of rotatable bonds is 3. The summed E-state index contributed by atoms with van der Waals surface area (Å²) in [5, 5.41) is 0.396. The molecule has 0 spiro atoms. The van der Waals surface area contributed by atoms with Crippen molar-refractivity contribution < 1.29 is 9.59 Å². The predicted octanol–water partition coefficient (Wildman–Crippen LogP) is 1.19. The van der Waals surface area contributed by atoms with Crippen LogP contribution in [0.2, 0.25) is 0 Å². The van der Waals surface area contributed by atoms with Gasteiger partial charge in [0.05, 0.1) is 11.7 Å². The van der Waals surface area contributed by atoms with Gasteiger partial charge in [0.1, 0.15) is 0 Å². The summed E-state index contributed by atoms with van der Waals surface area (Å²) >= 11 is 1.20. The second-order valence-electron chi connectivity index (χ2n) is 4.02. The van der Waals surface area contributed by atoms with Gasteiger partial charge in [-0.1, -0.05) is 18.7 Å². The number of aliphatic imine (C=N–C) groups is 2. The van der Waals surface area contributed by atoms with E-state index in [0.29, 0.717) is 11.6 Å². The van der Waals surface area contributed by atoms with E-state index in [2.05, 4.69) is 9.98 Å². The van der Waals surface area contributed by atoms with Gasteiger partial charge in [-0.15, -0.1) is 0 Å². The molecule has 0 N–H and O–H groups in total. The van der Waals surface area contributed by atoms with Crippen molar-refractivity contribution in [1.29, 1.82) is 0 Å². The molecule has 6 heteroatoms. The maximum Gasteiger partial charge on any atom is 0.256 e. The van der Waals surface area contributed by atoms with Crippen molar-refractivity contribution in [3.8, 4) is 0 Å². The molecule has 0 radical (unpaired) electrons. The lowest BCUT2D eigenvalue weighted by Gasteiger charge is -2.16. The molecular weight excluding hydrogens is 238 g/mol. The molecular formula is C11H17N3O2S. The Morgan fingerprint density at radius 3 is 2.53 bits per heavy atom. The zero-order valence-electron chi connectivity index (χ0n) is 10.6. The molecule has 2 amide bonds. The highest BCUT2D eigenvalue weighted by Gasteiger charge is 2.24. The van der Waals surface area contributed by atoms with Crippen LogP contribution in [0.4, 0.5) is 0 Å². The first-order valence-electron chi connectivity index (χ1n) is 5.46. The first-order valence-corrected chi connectivity index (χ1v) is 6.45. The number of thioether (sulfide) groups is 1. The summed E-state index contributed by atoms with van der Waals surface area (Å²) in [6.07, 6.45) is 0.715. The average Bonchev–Trinajstić information content (AvgIpc) is 2.25. The second-order valence-corrected chi connectivity index (χ2v) is 4.97. The Hall–Kier alpha value is -1.17. The zero-order valence-corrected chi connectivity index (χ0v) is 11.4. The molecule has 0 saturated carbocycles. The zero-order chi connectivity index (χ0) is 13.0. The van der Waals surface area contributed by atoms with Crippen LogP contribution in [-0.2, 0) is 9.59 Å². The third-order valence-electron chi connectivity index (χ3n) is 2.51. The van der Waals surface area contributed by atoms with Crippen LogP contribution in [0.1, 0.15) is 20.3 Å². The first-order chi connectivity index (χ1) is 7.95. The molecule has 1 aliphatic rings. The Morgan fingerprint density at radius 2 is 2.06 bits per heavy atom. The number of amidine groups is 1. The Balaban J connectivity index is 2.63. The molecule has 0 bridgehead atoms. The normalized spacial score (nSPS) is 19.8. The predicted molar refractivity (Wildman–Crippen MR) is 70.5 cm³/mol. The Bertz CT molecular complexity index is 388.